The Morgan fingerprint density at radius 1 is 0.400 bits per heavy atom. The van der Waals surface area contributed by atoms with Crippen molar-refractivity contribution in [3.8, 4) is 0 Å². The van der Waals surface area contributed by atoms with Crippen molar-refractivity contribution < 1.29 is 90.9 Å². The predicted molar refractivity (Wildman–Crippen MR) is 343 cm³/mol. The lowest BCUT2D eigenvalue weighted by atomic mass is 9.80. The topological polar surface area (TPSA) is 257 Å². The van der Waals surface area contributed by atoms with Gasteiger partial charge in [0.25, 0.3) is 0 Å². The molecule has 19 nitrogen and oxygen atoms in total. The number of aliphatic hydroxyl groups is 1. The normalized spacial score (nSPS) is 23.6. The zero-order valence-electron chi connectivity index (χ0n) is 58.0. The third-order valence-corrected chi connectivity index (χ3v) is 19.6. The van der Waals surface area contributed by atoms with Crippen molar-refractivity contribution >= 4 is 53.7 Å². The Kier molecular flexibility index (Phi) is 37.6. The highest BCUT2D eigenvalue weighted by molar-refractivity contribution is 5.82. The van der Waals surface area contributed by atoms with Gasteiger partial charge < -0.3 is 47.7 Å². The van der Waals surface area contributed by atoms with E-state index < -0.39 is 39.6 Å². The van der Waals surface area contributed by atoms with Crippen LogP contribution in [0.25, 0.3) is 0 Å². The van der Waals surface area contributed by atoms with E-state index in [2.05, 4.69) is 47.8 Å². The molecule has 6 saturated carbocycles. The van der Waals surface area contributed by atoms with E-state index in [1.165, 1.54) is 51.4 Å². The van der Waals surface area contributed by atoms with E-state index in [9.17, 15) is 43.2 Å². The Bertz CT molecular complexity index is 2100. The molecule has 0 heterocycles. The molecule has 0 amide bonds. The Morgan fingerprint density at radius 3 is 0.900 bits per heavy atom. The zero-order chi connectivity index (χ0) is 68.6. The smallest absolute Gasteiger partial charge is 0.330 e. The molecule has 6 rings (SSSR count). The monoisotopic (exact) mass is 1270 g/mol. The SMILES string of the molecule is C=CC(=O)OCCOC(=O)C(C)(C)CC.C=CC(=O)OCCOC(=O)C(C)(C)CC.C=CC(=O)OCCOC(=O)C(C)(C)CC.CCC(C)(C)C(=O)OCCO.CCC(C)C(=O)OC1CC2CC1C1CCCC21.CCC(C)C(=O)OC1CC2CC1C1CCCC21. The minimum Gasteiger partial charge on any atom is -0.463 e. The van der Waals surface area contributed by atoms with Gasteiger partial charge in [-0.2, -0.15) is 0 Å². The number of hydrogen-bond acceptors (Lipinski definition) is 19. The summed E-state index contributed by atoms with van der Waals surface area (Å²) in [5.41, 5.74) is -1.87. The molecule has 0 aliphatic heterocycles. The van der Waals surface area contributed by atoms with E-state index in [0.717, 1.165) is 85.8 Å². The van der Waals surface area contributed by atoms with Crippen LogP contribution in [0, 0.1) is 80.8 Å². The van der Waals surface area contributed by atoms with Gasteiger partial charge in [-0.15, -0.1) is 0 Å². The molecule has 12 unspecified atom stereocenters. The number of aliphatic hydroxyl groups excluding tert-OH is 1. The van der Waals surface area contributed by atoms with E-state index in [1.807, 2.05) is 96.9 Å². The number of fused-ring (bicyclic) bond motifs is 10. The third kappa shape index (κ3) is 27.3. The van der Waals surface area contributed by atoms with E-state index in [4.69, 9.17) is 33.5 Å². The summed E-state index contributed by atoms with van der Waals surface area (Å²) in [5.74, 6) is 4.55. The number of rotatable bonds is 28. The molecule has 0 aromatic carbocycles. The molecule has 0 saturated heterocycles. The Balaban J connectivity index is 0.000000543. The summed E-state index contributed by atoms with van der Waals surface area (Å²) < 4.78 is 45.1. The standard InChI is InChI=1S/2C15H24O2.3C11H18O4.C8H16O3/c2*1-3-9(2)15(16)17-14-8-10-7-13(14)12-6-4-5-11(10)12;3*1-5-9(12)14-7-8-15-10(13)11(3,4)6-2;1-4-8(2,3)7(10)11-6-5-9/h2*9-14H,3-8H2,1-2H3;3*5H,1,6-8H2,2-4H3;9H,4-6H2,1-3H3. The maximum Gasteiger partial charge on any atom is 0.330 e. The Labute approximate surface area is 539 Å². The van der Waals surface area contributed by atoms with Crippen LogP contribution in [-0.4, -0.2) is 124 Å². The Hall–Kier alpha value is -5.59. The highest BCUT2D eigenvalue weighted by atomic mass is 16.6. The van der Waals surface area contributed by atoms with Gasteiger partial charge in [0, 0.05) is 18.2 Å². The van der Waals surface area contributed by atoms with Gasteiger partial charge in [-0.25, -0.2) is 14.4 Å². The molecule has 6 aliphatic rings. The maximum absolute atomic E-state index is 11.9. The average molecular weight is 1280 g/mol. The zero-order valence-corrected chi connectivity index (χ0v) is 58.0. The third-order valence-electron chi connectivity index (χ3n) is 19.6. The van der Waals surface area contributed by atoms with Crippen LogP contribution in [0.5, 0.6) is 0 Å². The minimum atomic E-state index is -0.513. The van der Waals surface area contributed by atoms with Crippen LogP contribution < -0.4 is 0 Å². The molecule has 0 aromatic rings. The summed E-state index contributed by atoms with van der Waals surface area (Å²) in [4.78, 5) is 101. The van der Waals surface area contributed by atoms with E-state index in [-0.39, 0.29) is 113 Å². The number of carbonyl (C=O) groups is 9. The van der Waals surface area contributed by atoms with E-state index >= 15 is 0 Å². The summed E-state index contributed by atoms with van der Waals surface area (Å²) in [6, 6.07) is 0. The van der Waals surface area contributed by atoms with Crippen molar-refractivity contribution in [2.45, 2.75) is 226 Å². The van der Waals surface area contributed by atoms with Crippen molar-refractivity contribution in [1.82, 2.24) is 0 Å². The lowest BCUT2D eigenvalue weighted by Gasteiger charge is -2.31. The van der Waals surface area contributed by atoms with Crippen LogP contribution in [0.15, 0.2) is 38.0 Å². The van der Waals surface area contributed by atoms with Gasteiger partial charge in [-0.3, -0.25) is 28.8 Å². The molecule has 90 heavy (non-hydrogen) atoms. The maximum atomic E-state index is 11.9. The van der Waals surface area contributed by atoms with Crippen LogP contribution in [0.1, 0.15) is 214 Å². The first-order chi connectivity index (χ1) is 42.3. The molecule has 0 spiro atoms. The fourth-order valence-corrected chi connectivity index (χ4v) is 11.6. The minimum absolute atomic E-state index is 0.0413. The first-order valence-electron chi connectivity index (χ1n) is 33.3. The molecule has 4 bridgehead atoms. The molecule has 6 fully saturated rings. The molecule has 19 heteroatoms. The highest BCUT2D eigenvalue weighted by Crippen LogP contribution is 2.60. The van der Waals surface area contributed by atoms with Crippen LogP contribution in [0.3, 0.4) is 0 Å². The average Bonchev–Trinajstić information content (AvgIpc) is 1.66. The molecule has 1 N–H and O–H groups in total. The lowest BCUT2D eigenvalue weighted by Crippen LogP contribution is -2.33. The molecule has 0 aromatic heterocycles. The van der Waals surface area contributed by atoms with Gasteiger partial charge in [0.2, 0.25) is 0 Å². The van der Waals surface area contributed by atoms with Crippen LogP contribution in [-0.2, 0) is 85.8 Å². The van der Waals surface area contributed by atoms with Crippen molar-refractivity contribution in [3.63, 3.8) is 0 Å². The van der Waals surface area contributed by atoms with Gasteiger partial charge in [-0.1, -0.05) is 88.0 Å². The van der Waals surface area contributed by atoms with Gasteiger partial charge in [-0.05, 0) is 193 Å². The molecular formula is C71H118O19. The van der Waals surface area contributed by atoms with E-state index in [1.54, 1.807) is 0 Å². The second kappa shape index (κ2) is 41.1. The summed E-state index contributed by atoms with van der Waals surface area (Å²) in [7, 11) is 0. The fraction of sp³-hybridized carbons (Fsp3) is 0.789. The number of carbonyl (C=O) groups excluding carboxylic acids is 9. The van der Waals surface area contributed by atoms with Crippen LogP contribution in [0.2, 0.25) is 0 Å². The largest absolute Gasteiger partial charge is 0.463 e. The quantitative estimate of drug-likeness (QED) is 0.0330. The number of hydrogen-bond donors (Lipinski definition) is 1. The van der Waals surface area contributed by atoms with Crippen LogP contribution >= 0.6 is 0 Å². The van der Waals surface area contributed by atoms with Crippen LogP contribution in [0.4, 0.5) is 0 Å². The van der Waals surface area contributed by atoms with Gasteiger partial charge in [0.1, 0.15) is 58.5 Å². The number of esters is 9. The summed E-state index contributed by atoms with van der Waals surface area (Å²) in [5, 5.41) is 8.38. The highest BCUT2D eigenvalue weighted by Gasteiger charge is 2.56. The van der Waals surface area contributed by atoms with Crippen molar-refractivity contribution in [2.24, 2.45) is 80.8 Å². The molecule has 516 valence electrons. The van der Waals surface area contributed by atoms with Gasteiger partial charge in [0.05, 0.1) is 40.1 Å². The first kappa shape index (κ1) is 82.4. The second-order valence-electron chi connectivity index (χ2n) is 27.2. The van der Waals surface area contributed by atoms with E-state index in [0.29, 0.717) is 31.1 Å². The van der Waals surface area contributed by atoms with Crippen molar-refractivity contribution in [3.05, 3.63) is 38.0 Å². The lowest BCUT2D eigenvalue weighted by molar-refractivity contribution is -0.158. The molecular weight excluding hydrogens is 1160 g/mol. The van der Waals surface area contributed by atoms with Gasteiger partial charge in [0.15, 0.2) is 0 Å². The molecule has 12 atom stereocenters. The second-order valence-corrected chi connectivity index (χ2v) is 27.2. The van der Waals surface area contributed by atoms with Crippen molar-refractivity contribution in [1.29, 1.82) is 0 Å². The number of ether oxygens (including phenoxy) is 9. The van der Waals surface area contributed by atoms with Crippen molar-refractivity contribution in [2.75, 3.05) is 52.9 Å². The first-order valence-corrected chi connectivity index (χ1v) is 33.3. The summed E-state index contributed by atoms with van der Waals surface area (Å²) in [6.45, 7) is 40.4. The molecule has 0 radical (unpaired) electrons. The fourth-order valence-electron chi connectivity index (χ4n) is 11.6. The summed E-state index contributed by atoms with van der Waals surface area (Å²) in [6.07, 6.45) is 21.9. The predicted octanol–water partition coefficient (Wildman–Crippen LogP) is 12.8. The van der Waals surface area contributed by atoms with Gasteiger partial charge >= 0.3 is 53.7 Å². The molecule has 6 aliphatic carbocycles. The Morgan fingerprint density at radius 2 is 0.656 bits per heavy atom. The summed E-state index contributed by atoms with van der Waals surface area (Å²) >= 11 is 0.